The molecule has 1 aliphatic rings. The minimum Gasteiger partial charge on any atom is -0.377 e. The van der Waals surface area contributed by atoms with Crippen molar-refractivity contribution >= 4 is 5.91 Å². The predicted octanol–water partition coefficient (Wildman–Crippen LogP) is 1.04. The summed E-state index contributed by atoms with van der Waals surface area (Å²) >= 11 is 0. The van der Waals surface area contributed by atoms with E-state index in [9.17, 15) is 4.79 Å². The van der Waals surface area contributed by atoms with E-state index >= 15 is 0 Å². The van der Waals surface area contributed by atoms with E-state index < -0.39 is 0 Å². The second-order valence-corrected chi connectivity index (χ2v) is 4.76. The third-order valence-corrected chi connectivity index (χ3v) is 3.27. The number of rotatable bonds is 6. The summed E-state index contributed by atoms with van der Waals surface area (Å²) in [6.07, 6.45) is 1.93. The zero-order valence-electron chi connectivity index (χ0n) is 11.5. The summed E-state index contributed by atoms with van der Waals surface area (Å²) in [7, 11) is 1.58. The van der Waals surface area contributed by atoms with Crippen molar-refractivity contribution in [2.75, 3.05) is 26.7 Å². The number of carbonyl (C=O) groups is 1. The van der Waals surface area contributed by atoms with Crippen LogP contribution < -0.4 is 5.32 Å². The first-order valence-corrected chi connectivity index (χ1v) is 6.72. The van der Waals surface area contributed by atoms with Crippen LogP contribution in [0.1, 0.15) is 36.0 Å². The van der Waals surface area contributed by atoms with E-state index in [-0.39, 0.29) is 11.9 Å². The molecule has 1 amide bonds. The Morgan fingerprint density at radius 1 is 1.68 bits per heavy atom. The van der Waals surface area contributed by atoms with Gasteiger partial charge in [0.1, 0.15) is 6.61 Å². The molecule has 6 nitrogen and oxygen atoms in total. The summed E-state index contributed by atoms with van der Waals surface area (Å²) in [5.74, 6) is 0.522. The highest BCUT2D eigenvalue weighted by molar-refractivity contribution is 5.92. The van der Waals surface area contributed by atoms with Crippen LogP contribution in [0.25, 0.3) is 0 Å². The second-order valence-electron chi connectivity index (χ2n) is 4.76. The van der Waals surface area contributed by atoms with Crippen molar-refractivity contribution < 1.29 is 14.1 Å². The van der Waals surface area contributed by atoms with E-state index in [0.717, 1.165) is 32.5 Å². The number of hydrogen-bond acceptors (Lipinski definition) is 5. The van der Waals surface area contributed by atoms with E-state index in [1.54, 1.807) is 13.2 Å². The minimum atomic E-state index is -0.0540. The van der Waals surface area contributed by atoms with Gasteiger partial charge in [0.25, 0.3) is 5.91 Å². The molecule has 0 saturated carbocycles. The van der Waals surface area contributed by atoms with Crippen LogP contribution in [0.3, 0.4) is 0 Å². The third-order valence-electron chi connectivity index (χ3n) is 3.27. The van der Waals surface area contributed by atoms with E-state index in [1.807, 2.05) is 4.90 Å². The maximum atomic E-state index is 12.5. The smallest absolute Gasteiger partial charge is 0.276 e. The van der Waals surface area contributed by atoms with Gasteiger partial charge in [-0.3, -0.25) is 4.79 Å². The Morgan fingerprint density at radius 2 is 2.53 bits per heavy atom. The van der Waals surface area contributed by atoms with Crippen LogP contribution in [-0.4, -0.2) is 48.7 Å². The SMILES string of the molecule is CCCN(C(=O)c1cc(COC)on1)C1CCNC1. The molecular formula is C13H21N3O3. The first-order valence-electron chi connectivity index (χ1n) is 6.72. The van der Waals surface area contributed by atoms with E-state index in [1.165, 1.54) is 0 Å². The molecule has 106 valence electrons. The summed E-state index contributed by atoms with van der Waals surface area (Å²) in [5.41, 5.74) is 0.368. The lowest BCUT2D eigenvalue weighted by Gasteiger charge is -2.27. The van der Waals surface area contributed by atoms with E-state index in [4.69, 9.17) is 9.26 Å². The monoisotopic (exact) mass is 267 g/mol. The minimum absolute atomic E-state index is 0.0540. The number of nitrogens with zero attached hydrogens (tertiary/aromatic N) is 2. The predicted molar refractivity (Wildman–Crippen MR) is 69.8 cm³/mol. The van der Waals surface area contributed by atoms with Gasteiger partial charge in [-0.05, 0) is 19.4 Å². The van der Waals surface area contributed by atoms with Gasteiger partial charge in [0, 0.05) is 32.3 Å². The molecule has 6 heteroatoms. The van der Waals surface area contributed by atoms with Crippen molar-refractivity contribution in [3.05, 3.63) is 17.5 Å². The Bertz CT molecular complexity index is 413. The summed E-state index contributed by atoms with van der Waals surface area (Å²) < 4.78 is 10.0. The normalized spacial score (nSPS) is 18.7. The molecule has 1 aromatic heterocycles. The van der Waals surface area contributed by atoms with Crippen molar-refractivity contribution in [1.29, 1.82) is 0 Å². The van der Waals surface area contributed by atoms with Crippen LogP contribution >= 0.6 is 0 Å². The van der Waals surface area contributed by atoms with Crippen LogP contribution in [0, 0.1) is 0 Å². The van der Waals surface area contributed by atoms with Gasteiger partial charge >= 0.3 is 0 Å². The quantitative estimate of drug-likeness (QED) is 0.834. The fourth-order valence-corrected chi connectivity index (χ4v) is 2.37. The average molecular weight is 267 g/mol. The first kappa shape index (κ1) is 14.0. The average Bonchev–Trinajstić information content (AvgIpc) is 3.06. The molecule has 1 fully saturated rings. The molecule has 2 rings (SSSR count). The number of hydrogen-bond donors (Lipinski definition) is 1. The number of aromatic nitrogens is 1. The molecule has 0 bridgehead atoms. The highest BCUT2D eigenvalue weighted by Gasteiger charge is 2.28. The Balaban J connectivity index is 2.08. The Labute approximate surface area is 113 Å². The summed E-state index contributed by atoms with van der Waals surface area (Å²) in [4.78, 5) is 14.4. The van der Waals surface area contributed by atoms with Gasteiger partial charge in [-0.25, -0.2) is 0 Å². The second kappa shape index (κ2) is 6.68. The van der Waals surface area contributed by atoms with Gasteiger partial charge in [0.2, 0.25) is 0 Å². The molecule has 2 heterocycles. The third kappa shape index (κ3) is 3.33. The lowest BCUT2D eigenvalue weighted by Crippen LogP contribution is -2.42. The maximum Gasteiger partial charge on any atom is 0.276 e. The number of nitrogens with one attached hydrogen (secondary N) is 1. The van der Waals surface area contributed by atoms with E-state index in [2.05, 4.69) is 17.4 Å². The molecule has 1 atom stereocenters. The molecule has 0 spiro atoms. The fraction of sp³-hybridized carbons (Fsp3) is 0.692. The molecule has 0 radical (unpaired) electrons. The number of carbonyl (C=O) groups excluding carboxylic acids is 1. The van der Waals surface area contributed by atoms with Crippen molar-refractivity contribution in [1.82, 2.24) is 15.4 Å². The van der Waals surface area contributed by atoms with Crippen molar-refractivity contribution in [2.24, 2.45) is 0 Å². The van der Waals surface area contributed by atoms with Crippen LogP contribution in [0.5, 0.6) is 0 Å². The number of amides is 1. The van der Waals surface area contributed by atoms with Crippen molar-refractivity contribution in [2.45, 2.75) is 32.4 Å². The fourth-order valence-electron chi connectivity index (χ4n) is 2.37. The largest absolute Gasteiger partial charge is 0.377 e. The summed E-state index contributed by atoms with van der Waals surface area (Å²) in [5, 5.41) is 7.13. The molecule has 19 heavy (non-hydrogen) atoms. The lowest BCUT2D eigenvalue weighted by molar-refractivity contribution is 0.0681. The molecule has 1 saturated heterocycles. The maximum absolute atomic E-state index is 12.5. The highest BCUT2D eigenvalue weighted by Crippen LogP contribution is 2.14. The van der Waals surface area contributed by atoms with Gasteiger partial charge in [-0.2, -0.15) is 0 Å². The molecule has 1 aliphatic heterocycles. The zero-order chi connectivity index (χ0) is 13.7. The Kier molecular flexibility index (Phi) is 4.93. The first-order chi connectivity index (χ1) is 9.26. The Hall–Kier alpha value is -1.40. The molecule has 0 aliphatic carbocycles. The van der Waals surface area contributed by atoms with Crippen LogP contribution in [0.15, 0.2) is 10.6 Å². The molecule has 1 unspecified atom stereocenters. The topological polar surface area (TPSA) is 67.6 Å². The van der Waals surface area contributed by atoms with Crippen molar-refractivity contribution in [3.8, 4) is 0 Å². The summed E-state index contributed by atoms with van der Waals surface area (Å²) in [6, 6.07) is 1.92. The lowest BCUT2D eigenvalue weighted by atomic mass is 10.2. The Morgan fingerprint density at radius 3 is 3.16 bits per heavy atom. The highest BCUT2D eigenvalue weighted by atomic mass is 16.5. The standard InChI is InChI=1S/C13H21N3O3/c1-3-6-16(10-4-5-14-8-10)13(17)12-7-11(9-18-2)19-15-12/h7,10,14H,3-6,8-9H2,1-2H3. The van der Waals surface area contributed by atoms with E-state index in [0.29, 0.717) is 18.1 Å². The molecule has 0 aromatic carbocycles. The summed E-state index contributed by atoms with van der Waals surface area (Å²) in [6.45, 7) is 4.97. The van der Waals surface area contributed by atoms with Gasteiger partial charge in [0.15, 0.2) is 11.5 Å². The molecule has 1 N–H and O–H groups in total. The van der Waals surface area contributed by atoms with Crippen molar-refractivity contribution in [3.63, 3.8) is 0 Å². The number of ether oxygens (including phenoxy) is 1. The molecular weight excluding hydrogens is 246 g/mol. The zero-order valence-corrected chi connectivity index (χ0v) is 11.5. The van der Waals surface area contributed by atoms with Crippen LogP contribution in [0.4, 0.5) is 0 Å². The van der Waals surface area contributed by atoms with Gasteiger partial charge in [-0.1, -0.05) is 12.1 Å². The molecule has 1 aromatic rings. The van der Waals surface area contributed by atoms with Crippen LogP contribution in [0.2, 0.25) is 0 Å². The van der Waals surface area contributed by atoms with Crippen LogP contribution in [-0.2, 0) is 11.3 Å². The van der Waals surface area contributed by atoms with Gasteiger partial charge in [-0.15, -0.1) is 0 Å². The van der Waals surface area contributed by atoms with Gasteiger partial charge < -0.3 is 19.5 Å². The number of methoxy groups -OCH3 is 1. The van der Waals surface area contributed by atoms with Gasteiger partial charge in [0.05, 0.1) is 0 Å².